The highest BCUT2D eigenvalue weighted by Crippen LogP contribution is 2.19. The fourth-order valence-corrected chi connectivity index (χ4v) is 1.56. The molecule has 2 aromatic carbocycles. The van der Waals surface area contributed by atoms with Crippen LogP contribution < -0.4 is 0 Å². The molecule has 0 unspecified atom stereocenters. The van der Waals surface area contributed by atoms with Gasteiger partial charge in [0.05, 0.1) is 0 Å². The van der Waals surface area contributed by atoms with Crippen LogP contribution in [0.15, 0.2) is 53.7 Å². The van der Waals surface area contributed by atoms with E-state index in [1.807, 2.05) is 24.3 Å². The fourth-order valence-electron chi connectivity index (χ4n) is 1.50. The first kappa shape index (κ1) is 9.08. The van der Waals surface area contributed by atoms with Crippen LogP contribution in [0.1, 0.15) is 5.56 Å². The number of benzene rings is 2. The van der Waals surface area contributed by atoms with Gasteiger partial charge < -0.3 is 0 Å². The van der Waals surface area contributed by atoms with Crippen molar-refractivity contribution in [3.8, 4) is 0 Å². The Balaban J connectivity index is 2.71. The van der Waals surface area contributed by atoms with E-state index >= 15 is 0 Å². The molecule has 2 rings (SSSR count). The van der Waals surface area contributed by atoms with E-state index in [-0.39, 0.29) is 0 Å². The van der Waals surface area contributed by atoms with E-state index in [1.165, 1.54) is 16.3 Å². The normalized spacial score (nSPS) is 9.50. The van der Waals surface area contributed by atoms with Gasteiger partial charge in [-0.1, -0.05) is 54.1 Å². The van der Waals surface area contributed by atoms with Gasteiger partial charge >= 0.3 is 0 Å². The number of hydrogen-bond acceptors (Lipinski definition) is 0. The smallest absolute Gasteiger partial charge is 0.0462 e. The van der Waals surface area contributed by atoms with Crippen molar-refractivity contribution in [2.45, 2.75) is 0 Å². The summed E-state index contributed by atoms with van der Waals surface area (Å²) in [6.07, 6.45) is 1.88. The quantitative estimate of drug-likeness (QED) is 0.605. The van der Waals surface area contributed by atoms with Crippen molar-refractivity contribution in [2.24, 2.45) is 0 Å². The standard InChI is InChI=1S/C13H9Cl/c14-10-4-8-12-7-3-6-11-5-1-2-9-13(11)12/h1-3,5-10H. The zero-order valence-electron chi connectivity index (χ0n) is 7.57. The van der Waals surface area contributed by atoms with Gasteiger partial charge in [-0.2, -0.15) is 0 Å². The lowest BCUT2D eigenvalue weighted by Crippen LogP contribution is -1.76. The monoisotopic (exact) mass is 200 g/mol. The molecule has 68 valence electrons. The molecular weight excluding hydrogens is 192 g/mol. The Kier molecular flexibility index (Phi) is 2.69. The van der Waals surface area contributed by atoms with Crippen LogP contribution in [0.5, 0.6) is 0 Å². The lowest BCUT2D eigenvalue weighted by molar-refractivity contribution is 1.71. The second-order valence-electron chi connectivity index (χ2n) is 2.99. The van der Waals surface area contributed by atoms with Gasteiger partial charge in [-0.25, -0.2) is 0 Å². The van der Waals surface area contributed by atoms with Gasteiger partial charge in [0.25, 0.3) is 0 Å². The van der Waals surface area contributed by atoms with Crippen molar-refractivity contribution in [1.82, 2.24) is 0 Å². The molecule has 0 aromatic heterocycles. The largest absolute Gasteiger partial charge is 0.108 e. The molecule has 0 nitrogen and oxygen atoms in total. The molecule has 14 heavy (non-hydrogen) atoms. The van der Waals surface area contributed by atoms with Gasteiger partial charge in [-0.3, -0.25) is 0 Å². The van der Waals surface area contributed by atoms with E-state index in [1.54, 1.807) is 0 Å². The third-order valence-corrected chi connectivity index (χ3v) is 2.25. The topological polar surface area (TPSA) is 0 Å². The predicted molar refractivity (Wildman–Crippen MR) is 62.3 cm³/mol. The molecule has 0 N–H and O–H groups in total. The van der Waals surface area contributed by atoms with Gasteiger partial charge in [-0.15, -0.1) is 5.73 Å². The zero-order valence-corrected chi connectivity index (χ0v) is 8.33. The molecule has 0 heterocycles. The Morgan fingerprint density at radius 3 is 2.64 bits per heavy atom. The maximum atomic E-state index is 5.44. The summed E-state index contributed by atoms with van der Waals surface area (Å²) in [5, 5.41) is 2.46. The van der Waals surface area contributed by atoms with Crippen LogP contribution in [0, 0.1) is 0 Å². The lowest BCUT2D eigenvalue weighted by atomic mass is 10.0. The minimum Gasteiger partial charge on any atom is -0.108 e. The molecule has 0 fully saturated rings. The zero-order chi connectivity index (χ0) is 9.80. The van der Waals surface area contributed by atoms with E-state index < -0.39 is 0 Å². The van der Waals surface area contributed by atoms with Crippen LogP contribution in [0.4, 0.5) is 0 Å². The second-order valence-corrected chi connectivity index (χ2v) is 3.21. The maximum Gasteiger partial charge on any atom is 0.0462 e. The molecule has 1 heteroatoms. The highest BCUT2D eigenvalue weighted by Gasteiger charge is 1.94. The molecule has 0 atom stereocenters. The van der Waals surface area contributed by atoms with Crippen LogP contribution in [0.2, 0.25) is 0 Å². The average Bonchev–Trinajstić information content (AvgIpc) is 2.26. The van der Waals surface area contributed by atoms with Crippen molar-refractivity contribution in [3.05, 3.63) is 59.3 Å². The van der Waals surface area contributed by atoms with Crippen molar-refractivity contribution in [2.75, 3.05) is 0 Å². The SMILES string of the molecule is ClC=C=Cc1cccc2ccccc12. The van der Waals surface area contributed by atoms with Crippen molar-refractivity contribution >= 4 is 28.4 Å². The minimum absolute atomic E-state index is 1.14. The summed E-state index contributed by atoms with van der Waals surface area (Å²) < 4.78 is 0. The molecule has 0 saturated heterocycles. The summed E-state index contributed by atoms with van der Waals surface area (Å²) in [6.45, 7) is 0. The number of halogens is 1. The van der Waals surface area contributed by atoms with Crippen molar-refractivity contribution in [3.63, 3.8) is 0 Å². The van der Waals surface area contributed by atoms with Gasteiger partial charge in [0.1, 0.15) is 0 Å². The van der Waals surface area contributed by atoms with E-state index in [9.17, 15) is 0 Å². The molecule has 0 saturated carbocycles. The maximum absolute atomic E-state index is 5.44. The van der Waals surface area contributed by atoms with Crippen molar-refractivity contribution in [1.29, 1.82) is 0 Å². The Bertz CT molecular complexity index is 500. The molecule has 0 aliphatic rings. The molecule has 2 aromatic rings. The van der Waals surface area contributed by atoms with E-state index in [2.05, 4.69) is 30.0 Å². The summed E-state index contributed by atoms with van der Waals surface area (Å²) in [5.74, 6) is 0. The van der Waals surface area contributed by atoms with Crippen LogP contribution in [-0.4, -0.2) is 0 Å². The summed E-state index contributed by atoms with van der Waals surface area (Å²) in [5.41, 5.74) is 5.40. The first-order valence-corrected chi connectivity index (χ1v) is 4.84. The van der Waals surface area contributed by atoms with Crippen molar-refractivity contribution < 1.29 is 0 Å². The summed E-state index contributed by atoms with van der Waals surface area (Å²) >= 11 is 5.44. The Labute approximate surface area is 88.1 Å². The van der Waals surface area contributed by atoms with Gasteiger partial charge in [0.2, 0.25) is 0 Å². The predicted octanol–water partition coefficient (Wildman–Crippen LogP) is 4.20. The first-order valence-electron chi connectivity index (χ1n) is 4.41. The Hall–Kier alpha value is -1.49. The summed E-state index contributed by atoms with van der Waals surface area (Å²) in [6, 6.07) is 14.4. The second kappa shape index (κ2) is 4.15. The third-order valence-electron chi connectivity index (χ3n) is 2.13. The highest BCUT2D eigenvalue weighted by molar-refractivity contribution is 6.25. The first-order chi connectivity index (χ1) is 6.92. The fraction of sp³-hybridized carbons (Fsp3) is 0. The Morgan fingerprint density at radius 2 is 1.79 bits per heavy atom. The molecule has 0 bridgehead atoms. The minimum atomic E-state index is 1.14. The molecular formula is C13H9Cl. The molecule has 0 radical (unpaired) electrons. The van der Waals surface area contributed by atoms with E-state index in [4.69, 9.17) is 11.6 Å². The van der Waals surface area contributed by atoms with E-state index in [0.717, 1.165) is 5.56 Å². The van der Waals surface area contributed by atoms with Crippen LogP contribution in [0.25, 0.3) is 16.8 Å². The number of rotatable bonds is 1. The molecule has 0 spiro atoms. The molecule has 0 amide bonds. The highest BCUT2D eigenvalue weighted by atomic mass is 35.5. The Morgan fingerprint density at radius 1 is 1.00 bits per heavy atom. The van der Waals surface area contributed by atoms with Crippen LogP contribution in [-0.2, 0) is 0 Å². The van der Waals surface area contributed by atoms with Crippen LogP contribution >= 0.6 is 11.6 Å². The van der Waals surface area contributed by atoms with Gasteiger partial charge in [-0.05, 0) is 22.4 Å². The van der Waals surface area contributed by atoms with Gasteiger partial charge in [0, 0.05) is 5.54 Å². The molecule has 0 aliphatic carbocycles. The van der Waals surface area contributed by atoms with Gasteiger partial charge in [0.15, 0.2) is 0 Å². The van der Waals surface area contributed by atoms with E-state index in [0.29, 0.717) is 0 Å². The average molecular weight is 201 g/mol. The molecule has 0 aliphatic heterocycles. The summed E-state index contributed by atoms with van der Waals surface area (Å²) in [4.78, 5) is 0. The number of fused-ring (bicyclic) bond motifs is 1. The number of hydrogen-bond donors (Lipinski definition) is 0. The third kappa shape index (κ3) is 1.72. The lowest BCUT2D eigenvalue weighted by Gasteiger charge is -1.99. The summed E-state index contributed by atoms with van der Waals surface area (Å²) in [7, 11) is 0. The van der Waals surface area contributed by atoms with Crippen LogP contribution in [0.3, 0.4) is 0 Å².